The van der Waals surface area contributed by atoms with Gasteiger partial charge in [-0.1, -0.05) is 31.8 Å². The average molecular weight is 356 g/mol. The van der Waals surface area contributed by atoms with Gasteiger partial charge >= 0.3 is 0 Å². The minimum Gasteiger partial charge on any atom is -0.399 e. The molecule has 0 atom stereocenters. The molecule has 132 valence electrons. The van der Waals surface area contributed by atoms with Crippen molar-refractivity contribution in [3.05, 3.63) is 36.8 Å². The van der Waals surface area contributed by atoms with Gasteiger partial charge in [0.15, 0.2) is 0 Å². The molecule has 0 aliphatic heterocycles. The first-order chi connectivity index (χ1) is 11.8. The Morgan fingerprint density at radius 1 is 1.08 bits per heavy atom. The molecule has 6 nitrogen and oxygen atoms in total. The zero-order valence-corrected chi connectivity index (χ0v) is 16.0. The Morgan fingerprint density at radius 3 is 2.48 bits per heavy atom. The molecule has 0 saturated heterocycles. The Hall–Kier alpha value is -2.38. The van der Waals surface area contributed by atoms with Gasteiger partial charge in [-0.25, -0.2) is 9.97 Å². The van der Waals surface area contributed by atoms with Gasteiger partial charge in [-0.15, -0.1) is 0 Å². The van der Waals surface area contributed by atoms with Gasteiger partial charge in [-0.2, -0.15) is 0 Å². The van der Waals surface area contributed by atoms with Gasteiger partial charge in [0.25, 0.3) is 0 Å². The van der Waals surface area contributed by atoms with Crippen LogP contribution >= 0.6 is 0 Å². The Bertz CT molecular complexity index is 868. The van der Waals surface area contributed by atoms with E-state index in [4.69, 9.17) is 16.2 Å². The fourth-order valence-electron chi connectivity index (χ4n) is 2.67. The Kier molecular flexibility index (Phi) is 4.78. The van der Waals surface area contributed by atoms with Crippen LogP contribution < -0.4 is 11.5 Å². The highest BCUT2D eigenvalue weighted by atomic mass is 28.3. The number of hydrogen-bond acceptors (Lipinski definition) is 5. The van der Waals surface area contributed by atoms with Gasteiger partial charge in [0, 0.05) is 32.1 Å². The second-order valence-corrected chi connectivity index (χ2v) is 13.1. The summed E-state index contributed by atoms with van der Waals surface area (Å²) in [6.07, 6.45) is 3.51. The highest BCUT2D eigenvalue weighted by molar-refractivity contribution is 6.76. The maximum Gasteiger partial charge on any atom is 0.148 e. The molecule has 0 bridgehead atoms. The number of anilines is 2. The van der Waals surface area contributed by atoms with Gasteiger partial charge in [-0.05, 0) is 23.7 Å². The number of ether oxygens (including phenoxy) is 1. The lowest BCUT2D eigenvalue weighted by atomic mass is 10.1. The van der Waals surface area contributed by atoms with Crippen molar-refractivity contribution in [1.82, 2.24) is 14.5 Å². The van der Waals surface area contributed by atoms with E-state index in [2.05, 4.69) is 29.6 Å². The first kappa shape index (κ1) is 17.4. The summed E-state index contributed by atoms with van der Waals surface area (Å²) in [6, 6.07) is 8.85. The number of fused-ring (bicyclic) bond motifs is 1. The number of hydrogen-bond donors (Lipinski definition) is 2. The highest BCUT2D eigenvalue weighted by Crippen LogP contribution is 2.32. The van der Waals surface area contributed by atoms with Crippen molar-refractivity contribution in [1.29, 1.82) is 0 Å². The number of aromatic nitrogens is 3. The van der Waals surface area contributed by atoms with Crippen molar-refractivity contribution in [2.24, 2.45) is 0 Å². The largest absolute Gasteiger partial charge is 0.399 e. The highest BCUT2D eigenvalue weighted by Gasteiger charge is 2.16. The van der Waals surface area contributed by atoms with Crippen LogP contribution in [0.4, 0.5) is 11.5 Å². The van der Waals surface area contributed by atoms with Crippen molar-refractivity contribution >= 4 is 30.6 Å². The van der Waals surface area contributed by atoms with Crippen molar-refractivity contribution in [3.63, 3.8) is 0 Å². The first-order valence-electron chi connectivity index (χ1n) is 8.38. The van der Waals surface area contributed by atoms with Crippen LogP contribution in [-0.2, 0) is 11.5 Å². The van der Waals surface area contributed by atoms with E-state index in [9.17, 15) is 0 Å². The molecule has 3 aromatic rings. The van der Waals surface area contributed by atoms with E-state index in [1.165, 1.54) is 6.33 Å². The number of nitrogens with two attached hydrogens (primary N) is 2. The topological polar surface area (TPSA) is 92.0 Å². The van der Waals surface area contributed by atoms with Crippen LogP contribution in [0, 0.1) is 0 Å². The second-order valence-electron chi connectivity index (χ2n) is 7.44. The lowest BCUT2D eigenvalue weighted by Gasteiger charge is -2.15. The summed E-state index contributed by atoms with van der Waals surface area (Å²) >= 11 is 0. The molecular formula is C18H25N5OSi. The van der Waals surface area contributed by atoms with Crippen molar-refractivity contribution < 1.29 is 4.74 Å². The third-order valence-electron chi connectivity index (χ3n) is 4.13. The number of nitrogen functional groups attached to an aromatic ring is 2. The van der Waals surface area contributed by atoms with Crippen LogP contribution in [-0.4, -0.2) is 29.2 Å². The van der Waals surface area contributed by atoms with Crippen LogP contribution in [0.5, 0.6) is 0 Å². The summed E-state index contributed by atoms with van der Waals surface area (Å²) in [5.41, 5.74) is 15.5. The fourth-order valence-corrected chi connectivity index (χ4v) is 3.43. The Morgan fingerprint density at radius 2 is 1.80 bits per heavy atom. The zero-order chi connectivity index (χ0) is 18.0. The standard InChI is InChI=1S/C18H25N5OSi/c1-25(2,3)9-8-24-12-23-10-15(13-4-6-14(19)7-5-13)16-17(20)21-11-22-18(16)23/h4-7,10-11H,8-9,12,19H2,1-3H3,(H2,20,21,22). The van der Waals surface area contributed by atoms with Crippen LogP contribution in [0.3, 0.4) is 0 Å². The van der Waals surface area contributed by atoms with E-state index >= 15 is 0 Å². The molecule has 4 N–H and O–H groups in total. The van der Waals surface area contributed by atoms with Crippen LogP contribution in [0.1, 0.15) is 0 Å². The predicted molar refractivity (Wildman–Crippen MR) is 106 cm³/mol. The monoisotopic (exact) mass is 355 g/mol. The minimum absolute atomic E-state index is 0.451. The summed E-state index contributed by atoms with van der Waals surface area (Å²) in [5, 5.41) is 0.848. The van der Waals surface area contributed by atoms with Crippen molar-refractivity contribution in [2.75, 3.05) is 18.1 Å². The van der Waals surface area contributed by atoms with E-state index in [1.807, 2.05) is 35.0 Å². The summed E-state index contributed by atoms with van der Waals surface area (Å²) in [7, 11) is -1.10. The fraction of sp³-hybridized carbons (Fsp3) is 0.333. The van der Waals surface area contributed by atoms with Crippen LogP contribution in [0.25, 0.3) is 22.2 Å². The van der Waals surface area contributed by atoms with Crippen molar-refractivity contribution in [2.45, 2.75) is 32.4 Å². The molecule has 2 aromatic heterocycles. The van der Waals surface area contributed by atoms with Crippen molar-refractivity contribution in [3.8, 4) is 11.1 Å². The molecule has 0 spiro atoms. The van der Waals surface area contributed by atoms with Gasteiger partial charge in [-0.3, -0.25) is 0 Å². The molecule has 0 aliphatic carbocycles. The molecule has 0 radical (unpaired) electrons. The third-order valence-corrected chi connectivity index (χ3v) is 5.84. The van der Waals surface area contributed by atoms with E-state index < -0.39 is 8.07 Å². The average Bonchev–Trinajstić information content (AvgIpc) is 2.92. The molecule has 0 unspecified atom stereocenters. The molecule has 1 aromatic carbocycles. The summed E-state index contributed by atoms with van der Waals surface area (Å²) < 4.78 is 7.88. The quantitative estimate of drug-likeness (QED) is 0.400. The molecule has 25 heavy (non-hydrogen) atoms. The molecule has 0 fully saturated rings. The maximum absolute atomic E-state index is 6.13. The molecule has 3 rings (SSSR count). The second kappa shape index (κ2) is 6.85. The summed E-state index contributed by atoms with van der Waals surface area (Å²) in [4.78, 5) is 8.56. The van der Waals surface area contributed by atoms with Crippen LogP contribution in [0.15, 0.2) is 36.8 Å². The third kappa shape index (κ3) is 4.00. The molecule has 0 amide bonds. The normalized spacial score (nSPS) is 12.0. The molecular weight excluding hydrogens is 330 g/mol. The lowest BCUT2D eigenvalue weighted by molar-refractivity contribution is 0.0899. The SMILES string of the molecule is C[Si](C)(C)CCOCn1cc(-c2ccc(N)cc2)c2c(N)ncnc21. The lowest BCUT2D eigenvalue weighted by Crippen LogP contribution is -2.22. The summed E-state index contributed by atoms with van der Waals surface area (Å²) in [5.74, 6) is 0.470. The molecule has 7 heteroatoms. The molecule has 0 aliphatic rings. The van der Waals surface area contributed by atoms with E-state index in [0.29, 0.717) is 12.5 Å². The predicted octanol–water partition coefficient (Wildman–Crippen LogP) is 3.58. The van der Waals surface area contributed by atoms with Gasteiger partial charge < -0.3 is 20.8 Å². The smallest absolute Gasteiger partial charge is 0.148 e. The number of benzene rings is 1. The van der Waals surface area contributed by atoms with E-state index in [0.717, 1.165) is 40.5 Å². The number of nitrogens with zero attached hydrogens (tertiary/aromatic N) is 3. The number of rotatable bonds is 6. The van der Waals surface area contributed by atoms with Gasteiger partial charge in [0.2, 0.25) is 0 Å². The minimum atomic E-state index is -1.10. The zero-order valence-electron chi connectivity index (χ0n) is 15.0. The van der Waals surface area contributed by atoms with Gasteiger partial charge in [0.1, 0.15) is 24.5 Å². The summed E-state index contributed by atoms with van der Waals surface area (Å²) in [6.45, 7) is 8.23. The van der Waals surface area contributed by atoms with E-state index in [-0.39, 0.29) is 0 Å². The molecule has 0 saturated carbocycles. The van der Waals surface area contributed by atoms with E-state index in [1.54, 1.807) is 0 Å². The van der Waals surface area contributed by atoms with Gasteiger partial charge in [0.05, 0.1) is 5.39 Å². The van der Waals surface area contributed by atoms with Crippen LogP contribution in [0.2, 0.25) is 25.7 Å². The molecule has 2 heterocycles. The first-order valence-corrected chi connectivity index (χ1v) is 12.1. The maximum atomic E-state index is 6.13. The Balaban J connectivity index is 1.92. The Labute approximate surface area is 148 Å².